The maximum atomic E-state index is 10.1. The van der Waals surface area contributed by atoms with E-state index >= 15 is 0 Å². The van der Waals surface area contributed by atoms with E-state index in [0.29, 0.717) is 6.54 Å². The van der Waals surface area contributed by atoms with E-state index in [1.54, 1.807) is 0 Å². The molecular weight excluding hydrogens is 250 g/mol. The molecule has 1 fully saturated rings. The molecule has 1 aromatic heterocycles. The summed E-state index contributed by atoms with van der Waals surface area (Å²) in [5, 5.41) is 21.5. The number of β-amino-alcohol motifs (C(OH)–C–C–N with tert-alkyl or cyclic N) is 1. The fourth-order valence-corrected chi connectivity index (χ4v) is 2.73. The van der Waals surface area contributed by atoms with Crippen LogP contribution in [0.15, 0.2) is 18.3 Å². The number of piperidine rings is 1. The number of aliphatic hydroxyl groups is 1. The molecule has 3 rings (SSSR count). The molecule has 0 aliphatic carbocycles. The number of aromatic amines is 1. The number of fused-ring (bicyclic) bond motifs is 1. The van der Waals surface area contributed by atoms with Crippen molar-refractivity contribution in [1.82, 2.24) is 15.5 Å². The summed E-state index contributed by atoms with van der Waals surface area (Å²) >= 11 is 0. The van der Waals surface area contributed by atoms with Crippen molar-refractivity contribution in [3.63, 3.8) is 0 Å². The van der Waals surface area contributed by atoms with Crippen LogP contribution in [0.4, 0.5) is 0 Å². The van der Waals surface area contributed by atoms with Crippen LogP contribution in [-0.4, -0.2) is 34.5 Å². The normalized spacial score (nSPS) is 23.9. The van der Waals surface area contributed by atoms with Crippen LogP contribution in [0, 0.1) is 6.92 Å². The second-order valence-electron chi connectivity index (χ2n) is 4.83. The molecule has 2 atom stereocenters. The number of hydrogen-bond donors (Lipinski definition) is 3. The Balaban J connectivity index is 0.00000120. The van der Waals surface area contributed by atoms with Crippen molar-refractivity contribution < 1.29 is 5.11 Å². The Hall–Kier alpha value is -1.10. The van der Waals surface area contributed by atoms with Gasteiger partial charge in [-0.05, 0) is 43.1 Å². The quantitative estimate of drug-likeness (QED) is 0.738. The molecule has 0 radical (unpaired) electrons. The predicted octanol–water partition coefficient (Wildman–Crippen LogP) is 1.73. The highest BCUT2D eigenvalue weighted by atomic mass is 35.5. The number of benzene rings is 1. The van der Waals surface area contributed by atoms with E-state index in [4.69, 9.17) is 0 Å². The lowest BCUT2D eigenvalue weighted by Gasteiger charge is -2.29. The summed E-state index contributed by atoms with van der Waals surface area (Å²) in [4.78, 5) is 0. The van der Waals surface area contributed by atoms with Crippen molar-refractivity contribution in [3.05, 3.63) is 29.5 Å². The van der Waals surface area contributed by atoms with Gasteiger partial charge in [-0.3, -0.25) is 5.10 Å². The summed E-state index contributed by atoms with van der Waals surface area (Å²) in [5.74, 6) is 0.240. The number of rotatable bonds is 1. The number of nitrogens with one attached hydrogen (secondary N) is 2. The summed E-state index contributed by atoms with van der Waals surface area (Å²) in [6, 6.07) is 4.28. The topological polar surface area (TPSA) is 60.9 Å². The van der Waals surface area contributed by atoms with E-state index in [1.165, 1.54) is 11.1 Å². The number of aryl methyl sites for hydroxylation is 1. The maximum Gasteiger partial charge on any atom is 0.0733 e. The fraction of sp³-hybridized carbons (Fsp3) is 0.462. The third-order valence-electron chi connectivity index (χ3n) is 3.68. The Kier molecular flexibility index (Phi) is 3.90. The molecular formula is C13H18ClN3O. The van der Waals surface area contributed by atoms with Crippen molar-refractivity contribution in [2.24, 2.45) is 0 Å². The number of nitrogens with zero attached hydrogens (tertiary/aromatic N) is 1. The SMILES string of the molecule is Cc1cc2cn[nH]c2cc1[C@@H]1CCNC[C@H]1O.Cl. The molecule has 4 nitrogen and oxygen atoms in total. The molecule has 1 aliphatic heterocycles. The van der Waals surface area contributed by atoms with Gasteiger partial charge in [-0.1, -0.05) is 0 Å². The lowest BCUT2D eigenvalue weighted by atomic mass is 9.85. The van der Waals surface area contributed by atoms with Gasteiger partial charge in [0.05, 0.1) is 17.8 Å². The zero-order valence-corrected chi connectivity index (χ0v) is 11.1. The minimum atomic E-state index is -0.289. The molecule has 18 heavy (non-hydrogen) atoms. The van der Waals surface area contributed by atoms with Crippen molar-refractivity contribution >= 4 is 23.3 Å². The highest BCUT2D eigenvalue weighted by Gasteiger charge is 2.25. The van der Waals surface area contributed by atoms with Gasteiger partial charge in [0.1, 0.15) is 0 Å². The van der Waals surface area contributed by atoms with Gasteiger partial charge in [0.2, 0.25) is 0 Å². The van der Waals surface area contributed by atoms with Crippen LogP contribution in [0.1, 0.15) is 23.5 Å². The Labute approximate surface area is 112 Å². The molecule has 2 heterocycles. The number of aliphatic hydroxyl groups excluding tert-OH is 1. The Morgan fingerprint density at radius 1 is 1.39 bits per heavy atom. The number of halogens is 1. The fourth-order valence-electron chi connectivity index (χ4n) is 2.73. The Morgan fingerprint density at radius 2 is 2.22 bits per heavy atom. The molecule has 2 aromatic rings. The summed E-state index contributed by atoms with van der Waals surface area (Å²) < 4.78 is 0. The van der Waals surface area contributed by atoms with Crippen molar-refractivity contribution in [2.45, 2.75) is 25.4 Å². The van der Waals surface area contributed by atoms with Gasteiger partial charge in [-0.25, -0.2) is 0 Å². The average Bonchev–Trinajstić information content (AvgIpc) is 2.76. The molecule has 0 saturated carbocycles. The van der Waals surface area contributed by atoms with Gasteiger partial charge >= 0.3 is 0 Å². The number of aromatic nitrogens is 2. The molecule has 1 aliphatic rings. The summed E-state index contributed by atoms with van der Waals surface area (Å²) in [6.45, 7) is 3.77. The van der Waals surface area contributed by atoms with Crippen LogP contribution in [-0.2, 0) is 0 Å². The maximum absolute atomic E-state index is 10.1. The molecule has 1 saturated heterocycles. The van der Waals surface area contributed by atoms with Crippen LogP contribution in [0.25, 0.3) is 10.9 Å². The standard InChI is InChI=1S/C13H17N3O.ClH/c1-8-4-9-6-15-16-12(9)5-11(8)10-2-3-14-7-13(10)17;/h4-6,10,13-14,17H,2-3,7H2,1H3,(H,15,16);1H/t10-,13+;/m0./s1. The largest absolute Gasteiger partial charge is 0.391 e. The Bertz CT molecular complexity index is 540. The van der Waals surface area contributed by atoms with Crippen LogP contribution in [0.3, 0.4) is 0 Å². The molecule has 0 amide bonds. The lowest BCUT2D eigenvalue weighted by Crippen LogP contribution is -2.39. The van der Waals surface area contributed by atoms with E-state index in [-0.39, 0.29) is 24.4 Å². The molecule has 5 heteroatoms. The highest BCUT2D eigenvalue weighted by molar-refractivity contribution is 5.85. The summed E-state index contributed by atoms with van der Waals surface area (Å²) in [7, 11) is 0. The van der Waals surface area contributed by atoms with Gasteiger partial charge < -0.3 is 10.4 Å². The van der Waals surface area contributed by atoms with Crippen LogP contribution in [0.2, 0.25) is 0 Å². The minimum absolute atomic E-state index is 0. The van der Waals surface area contributed by atoms with Gasteiger partial charge in [-0.2, -0.15) is 5.10 Å². The minimum Gasteiger partial charge on any atom is -0.391 e. The first-order valence-electron chi connectivity index (χ1n) is 6.08. The van der Waals surface area contributed by atoms with Crippen molar-refractivity contribution in [1.29, 1.82) is 0 Å². The summed E-state index contributed by atoms with van der Waals surface area (Å²) in [6.07, 6.45) is 2.54. The van der Waals surface area contributed by atoms with Gasteiger partial charge in [-0.15, -0.1) is 12.4 Å². The second-order valence-corrected chi connectivity index (χ2v) is 4.83. The number of H-pyrrole nitrogens is 1. The molecule has 0 bridgehead atoms. The second kappa shape index (κ2) is 5.26. The first kappa shape index (κ1) is 13.3. The monoisotopic (exact) mass is 267 g/mol. The highest BCUT2D eigenvalue weighted by Crippen LogP contribution is 2.30. The molecule has 0 unspecified atom stereocenters. The Morgan fingerprint density at radius 3 is 3.00 bits per heavy atom. The van der Waals surface area contributed by atoms with Crippen molar-refractivity contribution in [2.75, 3.05) is 13.1 Å². The van der Waals surface area contributed by atoms with E-state index in [1.807, 2.05) is 6.20 Å². The molecule has 1 aromatic carbocycles. The van der Waals surface area contributed by atoms with Gasteiger partial charge in [0.15, 0.2) is 0 Å². The third-order valence-corrected chi connectivity index (χ3v) is 3.68. The summed E-state index contributed by atoms with van der Waals surface area (Å²) in [5.41, 5.74) is 3.54. The predicted molar refractivity (Wildman–Crippen MR) is 74.3 cm³/mol. The first-order chi connectivity index (χ1) is 8.25. The van der Waals surface area contributed by atoms with Crippen molar-refractivity contribution in [3.8, 4) is 0 Å². The molecule has 0 spiro atoms. The van der Waals surface area contributed by atoms with Gasteiger partial charge in [0.25, 0.3) is 0 Å². The molecule has 3 N–H and O–H groups in total. The smallest absolute Gasteiger partial charge is 0.0733 e. The van der Waals surface area contributed by atoms with E-state index < -0.39 is 0 Å². The average molecular weight is 268 g/mol. The van der Waals surface area contributed by atoms with E-state index in [9.17, 15) is 5.11 Å². The van der Waals surface area contributed by atoms with Crippen LogP contribution >= 0.6 is 12.4 Å². The van der Waals surface area contributed by atoms with E-state index in [0.717, 1.165) is 23.9 Å². The first-order valence-corrected chi connectivity index (χ1v) is 6.08. The lowest BCUT2D eigenvalue weighted by molar-refractivity contribution is 0.118. The van der Waals surface area contributed by atoms with E-state index in [2.05, 4.69) is 34.6 Å². The number of hydrogen-bond acceptors (Lipinski definition) is 3. The van der Waals surface area contributed by atoms with Crippen LogP contribution < -0.4 is 5.32 Å². The van der Waals surface area contributed by atoms with Gasteiger partial charge in [0, 0.05) is 17.8 Å². The third kappa shape index (κ3) is 2.23. The zero-order valence-electron chi connectivity index (χ0n) is 10.3. The molecule has 98 valence electrons. The zero-order chi connectivity index (χ0) is 11.8. The van der Waals surface area contributed by atoms with Crippen LogP contribution in [0.5, 0.6) is 0 Å².